The van der Waals surface area contributed by atoms with Crippen molar-refractivity contribution in [2.24, 2.45) is 0 Å². The number of hydrogen-bond acceptors (Lipinski definition) is 1. The molecule has 1 aromatic rings. The quantitative estimate of drug-likeness (QED) is 0.401. The fourth-order valence-electron chi connectivity index (χ4n) is 1.77. The third-order valence-corrected chi connectivity index (χ3v) is 2.89. The van der Waals surface area contributed by atoms with Crippen molar-refractivity contribution in [3.8, 4) is 0 Å². The molecule has 94 valence electrons. The number of unbranched alkanes of at least 4 members (excludes halogenated alkanes) is 4. The van der Waals surface area contributed by atoms with Crippen LogP contribution in [0.25, 0.3) is 0 Å². The van der Waals surface area contributed by atoms with Crippen LogP contribution in [-0.4, -0.2) is 0 Å². The van der Waals surface area contributed by atoms with Gasteiger partial charge in [0.2, 0.25) is 0 Å². The van der Waals surface area contributed by atoms with Crippen molar-refractivity contribution in [3.05, 3.63) is 36.7 Å². The fourth-order valence-corrected chi connectivity index (χ4v) is 1.77. The van der Waals surface area contributed by atoms with E-state index in [-0.39, 0.29) is 0 Å². The zero-order valence-electron chi connectivity index (χ0n) is 11.2. The van der Waals surface area contributed by atoms with Crippen LogP contribution in [0.1, 0.15) is 51.5 Å². The Balaban J connectivity index is 0.00000121. The summed E-state index contributed by atoms with van der Waals surface area (Å²) in [6.07, 6.45) is 12.4. The van der Waals surface area contributed by atoms with E-state index in [0.29, 0.717) is 0 Å². The molecule has 1 aromatic heterocycles. The Labute approximate surface area is 106 Å². The predicted molar refractivity (Wildman–Crippen MR) is 69.7 cm³/mol. The summed E-state index contributed by atoms with van der Waals surface area (Å²) in [7, 11) is 0. The molecule has 17 heavy (non-hydrogen) atoms. The first kappa shape index (κ1) is 15.6. The number of aryl methyl sites for hydroxylation is 2. The zero-order valence-corrected chi connectivity index (χ0v) is 11.2. The van der Waals surface area contributed by atoms with Gasteiger partial charge in [0.05, 0.1) is 0 Å². The minimum Gasteiger partial charge on any atom is -0.512 e. The molecule has 1 heterocycles. The van der Waals surface area contributed by atoms with Gasteiger partial charge in [-0.25, -0.2) is 4.57 Å². The SMILES string of the molecule is CCCCCCC[n+]1ccc(CC)cc1.[C-]#N. The highest BCUT2D eigenvalue weighted by Crippen LogP contribution is 2.02. The van der Waals surface area contributed by atoms with Gasteiger partial charge in [-0.1, -0.05) is 33.1 Å². The van der Waals surface area contributed by atoms with Crippen molar-refractivity contribution in [1.29, 1.82) is 5.26 Å². The lowest BCUT2D eigenvalue weighted by Gasteiger charge is -1.99. The molecule has 1 rings (SSSR count). The Morgan fingerprint density at radius 3 is 2.12 bits per heavy atom. The largest absolute Gasteiger partial charge is 0.512 e. The summed E-state index contributed by atoms with van der Waals surface area (Å²) in [5, 5.41) is 6.25. The molecule has 0 aliphatic carbocycles. The monoisotopic (exact) mass is 232 g/mol. The smallest absolute Gasteiger partial charge is 0.169 e. The van der Waals surface area contributed by atoms with E-state index in [4.69, 9.17) is 11.8 Å². The average Bonchev–Trinajstić information content (AvgIpc) is 2.41. The van der Waals surface area contributed by atoms with E-state index in [0.717, 1.165) is 6.42 Å². The highest BCUT2D eigenvalue weighted by atomic mass is 14.9. The van der Waals surface area contributed by atoms with Gasteiger partial charge in [-0.05, 0) is 18.4 Å². The second-order valence-electron chi connectivity index (χ2n) is 4.21. The molecule has 0 saturated heterocycles. The second-order valence-corrected chi connectivity index (χ2v) is 4.21. The van der Waals surface area contributed by atoms with Gasteiger partial charge in [0.1, 0.15) is 6.54 Å². The topological polar surface area (TPSA) is 27.7 Å². The van der Waals surface area contributed by atoms with Gasteiger partial charge in [0, 0.05) is 18.6 Å². The number of rotatable bonds is 7. The van der Waals surface area contributed by atoms with Gasteiger partial charge < -0.3 is 11.8 Å². The Bertz CT molecular complexity index is 288. The maximum Gasteiger partial charge on any atom is 0.169 e. The van der Waals surface area contributed by atoms with Gasteiger partial charge >= 0.3 is 0 Å². The summed E-state index contributed by atoms with van der Waals surface area (Å²) >= 11 is 0. The van der Waals surface area contributed by atoms with Gasteiger partial charge in [-0.3, -0.25) is 0 Å². The number of nitrogens with zero attached hydrogens (tertiary/aromatic N) is 2. The van der Waals surface area contributed by atoms with Crippen LogP contribution in [0.3, 0.4) is 0 Å². The Morgan fingerprint density at radius 1 is 1.00 bits per heavy atom. The van der Waals surface area contributed by atoms with Crippen LogP contribution < -0.4 is 4.57 Å². The maximum atomic E-state index is 6.25. The second kappa shape index (κ2) is 11.1. The maximum absolute atomic E-state index is 6.25. The predicted octanol–water partition coefficient (Wildman–Crippen LogP) is 3.60. The molecule has 0 bridgehead atoms. The highest BCUT2D eigenvalue weighted by molar-refractivity contribution is 5.06. The van der Waals surface area contributed by atoms with Crippen molar-refractivity contribution in [2.45, 2.75) is 58.9 Å². The lowest BCUT2D eigenvalue weighted by Crippen LogP contribution is -2.32. The molecule has 0 aromatic carbocycles. The van der Waals surface area contributed by atoms with E-state index >= 15 is 0 Å². The standard InChI is InChI=1S/C14H24N.CN/c1-3-5-6-7-8-11-15-12-9-14(4-2)10-13-15;1-2/h9-10,12-13H,3-8,11H2,1-2H3;/q+1;-1. The molecular weight excluding hydrogens is 208 g/mol. The average molecular weight is 232 g/mol. The van der Waals surface area contributed by atoms with E-state index in [9.17, 15) is 0 Å². The van der Waals surface area contributed by atoms with E-state index in [1.54, 1.807) is 0 Å². The molecule has 0 amide bonds. The molecule has 2 nitrogen and oxygen atoms in total. The molecule has 0 N–H and O–H groups in total. The molecule has 0 spiro atoms. The van der Waals surface area contributed by atoms with Gasteiger partial charge in [0.25, 0.3) is 0 Å². The first-order valence-electron chi connectivity index (χ1n) is 6.57. The van der Waals surface area contributed by atoms with E-state index in [1.807, 2.05) is 0 Å². The molecule has 0 atom stereocenters. The molecule has 0 aliphatic rings. The van der Waals surface area contributed by atoms with Crippen molar-refractivity contribution >= 4 is 0 Å². The summed E-state index contributed by atoms with van der Waals surface area (Å²) in [6.45, 7) is 10.4. The summed E-state index contributed by atoms with van der Waals surface area (Å²) in [4.78, 5) is 0. The third kappa shape index (κ3) is 7.52. The van der Waals surface area contributed by atoms with Crippen LogP contribution in [0, 0.1) is 11.8 Å². The fraction of sp³-hybridized carbons (Fsp3) is 0.600. The van der Waals surface area contributed by atoms with Crippen LogP contribution in [0.5, 0.6) is 0 Å². The number of aromatic nitrogens is 1. The normalized spacial score (nSPS) is 9.41. The number of hydrogen-bond donors (Lipinski definition) is 0. The molecular formula is C15H24N2. The Kier molecular flexibility index (Phi) is 10.2. The van der Waals surface area contributed by atoms with Crippen LogP contribution in [0.2, 0.25) is 0 Å². The minimum absolute atomic E-state index is 1.14. The molecule has 2 heteroatoms. The van der Waals surface area contributed by atoms with Gasteiger partial charge in [-0.2, -0.15) is 0 Å². The highest BCUT2D eigenvalue weighted by Gasteiger charge is 1.99. The van der Waals surface area contributed by atoms with E-state index in [1.165, 1.54) is 44.2 Å². The van der Waals surface area contributed by atoms with Crippen LogP contribution in [-0.2, 0) is 13.0 Å². The number of pyridine rings is 1. The lowest BCUT2D eigenvalue weighted by atomic mass is 10.1. The Morgan fingerprint density at radius 2 is 1.59 bits per heavy atom. The van der Waals surface area contributed by atoms with Crippen molar-refractivity contribution in [1.82, 2.24) is 0 Å². The molecule has 0 unspecified atom stereocenters. The van der Waals surface area contributed by atoms with Crippen LogP contribution in [0.4, 0.5) is 0 Å². The van der Waals surface area contributed by atoms with Crippen LogP contribution in [0.15, 0.2) is 24.5 Å². The van der Waals surface area contributed by atoms with Gasteiger partial charge in [-0.15, -0.1) is 0 Å². The van der Waals surface area contributed by atoms with Crippen molar-refractivity contribution in [3.63, 3.8) is 0 Å². The summed E-state index contributed by atoms with van der Waals surface area (Å²) in [5.74, 6) is 0. The van der Waals surface area contributed by atoms with Crippen molar-refractivity contribution < 1.29 is 4.57 Å². The lowest BCUT2D eigenvalue weighted by molar-refractivity contribution is -0.697. The third-order valence-electron chi connectivity index (χ3n) is 2.89. The van der Waals surface area contributed by atoms with Crippen LogP contribution >= 0.6 is 0 Å². The first-order valence-corrected chi connectivity index (χ1v) is 6.57. The molecule has 0 saturated carbocycles. The molecule has 0 aliphatic heterocycles. The van der Waals surface area contributed by atoms with Crippen molar-refractivity contribution in [2.75, 3.05) is 0 Å². The Hall–Kier alpha value is -1.36. The van der Waals surface area contributed by atoms with E-state index < -0.39 is 0 Å². The summed E-state index contributed by atoms with van der Waals surface area (Å²) in [6, 6.07) is 4.46. The zero-order chi connectivity index (χ0) is 12.9. The minimum atomic E-state index is 1.14. The molecule has 0 fully saturated rings. The molecule has 0 radical (unpaired) electrons. The summed E-state index contributed by atoms with van der Waals surface area (Å²) in [5.41, 5.74) is 1.43. The van der Waals surface area contributed by atoms with Gasteiger partial charge in [0.15, 0.2) is 12.4 Å². The summed E-state index contributed by atoms with van der Waals surface area (Å²) < 4.78 is 2.30. The first-order chi connectivity index (χ1) is 8.36. The van der Waals surface area contributed by atoms with E-state index in [2.05, 4.69) is 42.9 Å².